The van der Waals surface area contributed by atoms with E-state index in [1.165, 1.54) is 0 Å². The third-order valence-electron chi connectivity index (χ3n) is 3.14. The Morgan fingerprint density at radius 3 is 2.17 bits per heavy atom. The topological polar surface area (TPSA) is 58.2 Å². The Morgan fingerprint density at radius 1 is 0.957 bits per heavy atom. The van der Waals surface area contributed by atoms with E-state index in [0.29, 0.717) is 28.4 Å². The van der Waals surface area contributed by atoms with Crippen molar-refractivity contribution >= 4 is 40.7 Å². The molecule has 120 valence electrons. The minimum atomic E-state index is -0.324. The van der Waals surface area contributed by atoms with Crippen molar-refractivity contribution in [1.29, 1.82) is 0 Å². The zero-order valence-electron chi connectivity index (χ0n) is 12.5. The standard InChI is InChI=1S/C17H16Cl2N2O2/c1-2-10-20-16(22)11-6-8-12(9-7-11)17(23)21-14-5-3-4-13(18)15(14)19/h3-9H,2,10H2,1H3,(H,20,22)(H,21,23). The number of hydrogen-bond donors (Lipinski definition) is 2. The van der Waals surface area contributed by atoms with Gasteiger partial charge in [0.2, 0.25) is 0 Å². The van der Waals surface area contributed by atoms with Crippen molar-refractivity contribution in [3.05, 3.63) is 63.6 Å². The molecule has 2 N–H and O–H groups in total. The molecule has 0 fully saturated rings. The van der Waals surface area contributed by atoms with Crippen molar-refractivity contribution in [2.75, 3.05) is 11.9 Å². The largest absolute Gasteiger partial charge is 0.352 e. The van der Waals surface area contributed by atoms with E-state index in [9.17, 15) is 9.59 Å². The van der Waals surface area contributed by atoms with E-state index >= 15 is 0 Å². The second kappa shape index (κ2) is 7.99. The van der Waals surface area contributed by atoms with Gasteiger partial charge in [-0.2, -0.15) is 0 Å². The van der Waals surface area contributed by atoms with Crippen LogP contribution in [0, 0.1) is 0 Å². The van der Waals surface area contributed by atoms with Crippen LogP contribution in [0.25, 0.3) is 0 Å². The van der Waals surface area contributed by atoms with Gasteiger partial charge in [-0.3, -0.25) is 9.59 Å². The Bertz CT molecular complexity index is 715. The number of carbonyl (C=O) groups excluding carboxylic acids is 2. The highest BCUT2D eigenvalue weighted by Crippen LogP contribution is 2.29. The van der Waals surface area contributed by atoms with E-state index in [0.717, 1.165) is 6.42 Å². The van der Waals surface area contributed by atoms with Gasteiger partial charge in [-0.15, -0.1) is 0 Å². The first kappa shape index (κ1) is 17.3. The molecule has 0 spiro atoms. The Balaban J connectivity index is 2.08. The van der Waals surface area contributed by atoms with Crippen LogP contribution in [0.15, 0.2) is 42.5 Å². The van der Waals surface area contributed by atoms with Crippen LogP contribution < -0.4 is 10.6 Å². The van der Waals surface area contributed by atoms with Crippen molar-refractivity contribution in [3.63, 3.8) is 0 Å². The van der Waals surface area contributed by atoms with Crippen molar-refractivity contribution in [2.24, 2.45) is 0 Å². The molecule has 23 heavy (non-hydrogen) atoms. The summed E-state index contributed by atoms with van der Waals surface area (Å²) >= 11 is 12.0. The fourth-order valence-corrected chi connectivity index (χ4v) is 2.26. The SMILES string of the molecule is CCCNC(=O)c1ccc(C(=O)Nc2cccc(Cl)c2Cl)cc1. The van der Waals surface area contributed by atoms with Gasteiger partial charge in [0.1, 0.15) is 0 Å². The molecule has 2 aromatic rings. The second-order valence-corrected chi connectivity index (χ2v) is 5.67. The average molecular weight is 351 g/mol. The van der Waals surface area contributed by atoms with Crippen LogP contribution in [0.3, 0.4) is 0 Å². The number of rotatable bonds is 5. The van der Waals surface area contributed by atoms with Crippen LogP contribution in [-0.4, -0.2) is 18.4 Å². The lowest BCUT2D eigenvalue weighted by molar-refractivity contribution is 0.0951. The van der Waals surface area contributed by atoms with E-state index in [4.69, 9.17) is 23.2 Å². The summed E-state index contributed by atoms with van der Waals surface area (Å²) in [5.41, 5.74) is 1.37. The summed E-state index contributed by atoms with van der Waals surface area (Å²) in [6, 6.07) is 11.4. The minimum absolute atomic E-state index is 0.156. The number of benzene rings is 2. The quantitative estimate of drug-likeness (QED) is 0.840. The van der Waals surface area contributed by atoms with Gasteiger partial charge in [0.05, 0.1) is 15.7 Å². The lowest BCUT2D eigenvalue weighted by Gasteiger charge is -2.09. The van der Waals surface area contributed by atoms with Crippen molar-refractivity contribution in [1.82, 2.24) is 5.32 Å². The van der Waals surface area contributed by atoms with Gasteiger partial charge in [-0.05, 0) is 42.8 Å². The summed E-state index contributed by atoms with van der Waals surface area (Å²) in [4.78, 5) is 24.0. The van der Waals surface area contributed by atoms with Gasteiger partial charge in [-0.1, -0.05) is 36.2 Å². The highest BCUT2D eigenvalue weighted by Gasteiger charge is 2.11. The molecule has 4 nitrogen and oxygen atoms in total. The molecule has 2 amide bonds. The number of anilines is 1. The number of halogens is 2. The summed E-state index contributed by atoms with van der Waals surface area (Å²) < 4.78 is 0. The smallest absolute Gasteiger partial charge is 0.255 e. The van der Waals surface area contributed by atoms with E-state index in [2.05, 4.69) is 10.6 Å². The van der Waals surface area contributed by atoms with Gasteiger partial charge in [-0.25, -0.2) is 0 Å². The van der Waals surface area contributed by atoms with Gasteiger partial charge in [0, 0.05) is 17.7 Å². The molecule has 0 atom stereocenters. The lowest BCUT2D eigenvalue weighted by Crippen LogP contribution is -2.24. The van der Waals surface area contributed by atoms with Crippen molar-refractivity contribution in [2.45, 2.75) is 13.3 Å². The zero-order valence-corrected chi connectivity index (χ0v) is 14.0. The molecule has 0 saturated carbocycles. The normalized spacial score (nSPS) is 10.2. The molecule has 0 bridgehead atoms. The molecular weight excluding hydrogens is 335 g/mol. The van der Waals surface area contributed by atoms with Gasteiger partial charge in [0.25, 0.3) is 11.8 Å². The molecule has 0 saturated heterocycles. The number of amides is 2. The number of carbonyl (C=O) groups is 2. The maximum atomic E-state index is 12.2. The summed E-state index contributed by atoms with van der Waals surface area (Å²) in [5.74, 6) is -0.480. The van der Waals surface area contributed by atoms with E-state index in [1.54, 1.807) is 42.5 Å². The molecule has 0 unspecified atom stereocenters. The highest BCUT2D eigenvalue weighted by atomic mass is 35.5. The maximum absolute atomic E-state index is 12.2. The molecule has 0 aromatic heterocycles. The minimum Gasteiger partial charge on any atom is -0.352 e. The van der Waals surface area contributed by atoms with E-state index < -0.39 is 0 Å². The van der Waals surface area contributed by atoms with E-state index in [1.807, 2.05) is 6.92 Å². The van der Waals surface area contributed by atoms with Crippen LogP contribution in [-0.2, 0) is 0 Å². The summed E-state index contributed by atoms with van der Waals surface area (Å²) in [5, 5.41) is 6.13. The van der Waals surface area contributed by atoms with Crippen LogP contribution in [0.5, 0.6) is 0 Å². The monoisotopic (exact) mass is 350 g/mol. The Labute approximate surface area is 144 Å². The molecule has 0 radical (unpaired) electrons. The highest BCUT2D eigenvalue weighted by molar-refractivity contribution is 6.44. The first-order chi connectivity index (χ1) is 11.0. The first-order valence-corrected chi connectivity index (χ1v) is 7.92. The number of nitrogens with one attached hydrogen (secondary N) is 2. The Hall–Kier alpha value is -2.04. The summed E-state index contributed by atoms with van der Waals surface area (Å²) in [7, 11) is 0. The van der Waals surface area contributed by atoms with Crippen LogP contribution in [0.1, 0.15) is 34.1 Å². The molecule has 0 aliphatic rings. The molecule has 0 aliphatic carbocycles. The fourth-order valence-electron chi connectivity index (χ4n) is 1.91. The molecule has 2 aromatic carbocycles. The van der Waals surface area contributed by atoms with Gasteiger partial charge >= 0.3 is 0 Å². The first-order valence-electron chi connectivity index (χ1n) is 7.16. The molecule has 6 heteroatoms. The lowest BCUT2D eigenvalue weighted by atomic mass is 10.1. The predicted octanol–water partition coefficient (Wildman–Crippen LogP) is 4.39. The summed E-state index contributed by atoms with van der Waals surface area (Å²) in [6.07, 6.45) is 0.868. The zero-order chi connectivity index (χ0) is 16.8. The number of hydrogen-bond acceptors (Lipinski definition) is 2. The molecule has 0 aliphatic heterocycles. The van der Waals surface area contributed by atoms with Gasteiger partial charge < -0.3 is 10.6 Å². The third-order valence-corrected chi connectivity index (χ3v) is 3.96. The van der Waals surface area contributed by atoms with E-state index in [-0.39, 0.29) is 16.8 Å². The summed E-state index contributed by atoms with van der Waals surface area (Å²) in [6.45, 7) is 2.60. The molecular formula is C17H16Cl2N2O2. The molecule has 0 heterocycles. The Kier molecular flexibility index (Phi) is 6.02. The van der Waals surface area contributed by atoms with Crippen molar-refractivity contribution < 1.29 is 9.59 Å². The fraction of sp³-hybridized carbons (Fsp3) is 0.176. The van der Waals surface area contributed by atoms with Crippen LogP contribution >= 0.6 is 23.2 Å². The molecule has 2 rings (SSSR count). The van der Waals surface area contributed by atoms with Crippen LogP contribution in [0.2, 0.25) is 10.0 Å². The second-order valence-electron chi connectivity index (χ2n) is 4.89. The predicted molar refractivity (Wildman–Crippen MR) is 93.5 cm³/mol. The average Bonchev–Trinajstić information content (AvgIpc) is 2.57. The van der Waals surface area contributed by atoms with Gasteiger partial charge in [0.15, 0.2) is 0 Å². The van der Waals surface area contributed by atoms with Crippen LogP contribution in [0.4, 0.5) is 5.69 Å². The maximum Gasteiger partial charge on any atom is 0.255 e. The third kappa shape index (κ3) is 4.47. The Morgan fingerprint density at radius 2 is 1.57 bits per heavy atom. The van der Waals surface area contributed by atoms with Crippen molar-refractivity contribution in [3.8, 4) is 0 Å².